The molecule has 0 saturated carbocycles. The largest absolute Gasteiger partial charge is 0.0619 e. The van der Waals surface area contributed by atoms with Gasteiger partial charge in [-0.05, 0) is 22.8 Å². The van der Waals surface area contributed by atoms with Gasteiger partial charge in [0.25, 0.3) is 0 Å². The van der Waals surface area contributed by atoms with Crippen molar-refractivity contribution in [3.63, 3.8) is 0 Å². The van der Waals surface area contributed by atoms with E-state index in [1.807, 2.05) is 6.07 Å². The molecule has 5 heteroatoms. The maximum absolute atomic E-state index is 5.83. The molecule has 0 spiro atoms. The van der Waals surface area contributed by atoms with Crippen LogP contribution in [0.5, 0.6) is 0 Å². The Morgan fingerprint density at radius 1 is 0.364 bits per heavy atom. The molecule has 0 fully saturated rings. The smallest absolute Gasteiger partial charge is 0.0567 e. The Balaban J connectivity index is 0.000000314. The first-order valence-corrected chi connectivity index (χ1v) is 28.4. The normalized spacial score (nSPS) is 11.3. The van der Waals surface area contributed by atoms with Gasteiger partial charge < -0.3 is 4.74 Å². The van der Waals surface area contributed by atoms with Crippen LogP contribution in [0.1, 0.15) is 101 Å². The molecule has 0 amide bonds. The summed E-state index contributed by atoms with van der Waals surface area (Å²) in [6.07, 6.45) is 18.7. The van der Waals surface area contributed by atoms with E-state index in [9.17, 15) is 0 Å². The third kappa shape index (κ3) is 18.4. The number of hydrogen-bond donors (Lipinski definition) is 0. The average molecular weight is 983 g/mol. The third-order valence-electron chi connectivity index (χ3n) is 9.67. The summed E-state index contributed by atoms with van der Waals surface area (Å²) in [4.78, 5) is -1.56. The average Bonchev–Trinajstić information content (AvgIpc) is 3.25. The van der Waals surface area contributed by atoms with Gasteiger partial charge in [-0.15, -0.1) is 0 Å². The monoisotopic (exact) mass is 982 g/mol. The number of alkyl halides is 2. The molecule has 0 aromatic heterocycles. The maximum atomic E-state index is 5.83. The zero-order valence-electron chi connectivity index (χ0n) is 33.1. The van der Waals surface area contributed by atoms with Crippen molar-refractivity contribution in [1.29, 1.82) is 0 Å². The Labute approximate surface area is 358 Å². The van der Waals surface area contributed by atoms with E-state index in [0.717, 1.165) is 26.4 Å². The van der Waals surface area contributed by atoms with Gasteiger partial charge in [0.15, 0.2) is 0 Å². The summed E-state index contributed by atoms with van der Waals surface area (Å²) in [5.74, 6) is 0. The number of unbranched alkanes of at least 4 members (excludes halogenated alkanes) is 12. The van der Waals surface area contributed by atoms with Gasteiger partial charge in [0.2, 0.25) is 0 Å². The quantitative estimate of drug-likeness (QED) is 0.0226. The molecule has 0 radical (unpaired) electrons. The van der Waals surface area contributed by atoms with Crippen molar-refractivity contribution in [2.24, 2.45) is 0 Å². The summed E-state index contributed by atoms with van der Waals surface area (Å²) >= 11 is 2.43. The number of benzene rings is 5. The molecule has 2 nitrogen and oxygen atoms in total. The summed E-state index contributed by atoms with van der Waals surface area (Å²) in [7, 11) is 0. The molecule has 0 bridgehead atoms. The molecule has 0 aliphatic carbocycles. The Morgan fingerprint density at radius 2 is 0.673 bits per heavy atom. The van der Waals surface area contributed by atoms with E-state index in [4.69, 9.17) is 9.47 Å². The fourth-order valence-corrected chi connectivity index (χ4v) is 20.8. The van der Waals surface area contributed by atoms with Crippen LogP contribution in [0.4, 0.5) is 0 Å². The molecule has 0 saturated heterocycles. The van der Waals surface area contributed by atoms with E-state index in [1.165, 1.54) is 110 Å². The second-order valence-electron chi connectivity index (χ2n) is 14.1. The summed E-state index contributed by atoms with van der Waals surface area (Å²) in [6, 6.07) is 55.0. The molecule has 0 N–H and O–H groups in total. The molecular weight excluding hydrogens is 917 g/mol. The fraction of sp³-hybridized carbons (Fsp3) is 0.400. The van der Waals surface area contributed by atoms with Gasteiger partial charge in [-0.2, -0.15) is 0 Å². The van der Waals surface area contributed by atoms with E-state index in [2.05, 4.69) is 168 Å². The van der Waals surface area contributed by atoms with E-state index < -0.39 is 4.90 Å². The Kier molecular flexibility index (Phi) is 24.9. The zero-order valence-corrected chi connectivity index (χ0v) is 38.3. The minimum Gasteiger partial charge on any atom is -0.0619 e. The van der Waals surface area contributed by atoms with Gasteiger partial charge in [-0.3, -0.25) is 0 Å². The fourth-order valence-electron chi connectivity index (χ4n) is 6.63. The molecule has 0 aliphatic rings. The second kappa shape index (κ2) is 30.1. The van der Waals surface area contributed by atoms with Gasteiger partial charge in [0.1, 0.15) is 0 Å². The first kappa shape index (κ1) is 45.6. The van der Waals surface area contributed by atoms with Gasteiger partial charge >= 0.3 is 205 Å². The van der Waals surface area contributed by atoms with Crippen LogP contribution in [-0.2, 0) is 22.7 Å². The summed E-state index contributed by atoms with van der Waals surface area (Å²) in [5.41, 5.74) is 2.54. The SMILES string of the molecule is ICCCCCCCCCOCc1ccccc1.c1ccc(COCCCCCCCCC[I-][P+](c2ccccc2)(c2ccccc2)c2ccccc2)cc1. The number of rotatable bonds is 27. The topological polar surface area (TPSA) is 18.5 Å². The van der Waals surface area contributed by atoms with Gasteiger partial charge in [-0.25, -0.2) is 0 Å². The van der Waals surface area contributed by atoms with Crippen LogP contribution in [0.25, 0.3) is 0 Å². The first-order valence-electron chi connectivity index (χ1n) is 20.8. The Bertz CT molecular complexity index is 1490. The Morgan fingerprint density at radius 3 is 1.04 bits per heavy atom. The van der Waals surface area contributed by atoms with Crippen molar-refractivity contribution in [2.75, 3.05) is 22.1 Å². The molecule has 0 unspecified atom stereocenters. The molecule has 5 aromatic carbocycles. The van der Waals surface area contributed by atoms with Crippen LogP contribution in [-0.4, -0.2) is 22.1 Å². The summed E-state index contributed by atoms with van der Waals surface area (Å²) in [5, 5.41) is 4.65. The van der Waals surface area contributed by atoms with Crippen LogP contribution < -0.4 is 36.6 Å². The van der Waals surface area contributed by atoms with Gasteiger partial charge in [-0.1, -0.05) is 115 Å². The van der Waals surface area contributed by atoms with Crippen molar-refractivity contribution in [3.05, 3.63) is 163 Å². The van der Waals surface area contributed by atoms with Crippen molar-refractivity contribution in [3.8, 4) is 0 Å². The number of ether oxygens (including phenoxy) is 2. The molecule has 0 heterocycles. The molecule has 296 valence electrons. The van der Waals surface area contributed by atoms with E-state index in [1.54, 1.807) is 15.9 Å². The van der Waals surface area contributed by atoms with Gasteiger partial charge in [0, 0.05) is 6.61 Å². The van der Waals surface area contributed by atoms with Crippen molar-refractivity contribution in [2.45, 2.75) is 103 Å². The van der Waals surface area contributed by atoms with Crippen LogP contribution >= 0.6 is 27.5 Å². The minimum atomic E-state index is -1.56. The Hall–Kier alpha value is -2.09. The van der Waals surface area contributed by atoms with Gasteiger partial charge in [0.05, 0.1) is 6.61 Å². The predicted octanol–water partition coefficient (Wildman–Crippen LogP) is 10.3. The molecular formula is C50H65I2O2P. The van der Waals surface area contributed by atoms with Crippen molar-refractivity contribution < 1.29 is 30.1 Å². The first-order chi connectivity index (χ1) is 27.3. The summed E-state index contributed by atoms with van der Waals surface area (Å²) in [6.45, 7) is 3.28. The van der Waals surface area contributed by atoms with E-state index in [0.29, 0.717) is 0 Å². The van der Waals surface area contributed by atoms with Crippen LogP contribution in [0, 0.1) is 0 Å². The third-order valence-corrected chi connectivity index (χ3v) is 24.3. The summed E-state index contributed by atoms with van der Waals surface area (Å²) < 4.78 is 14.2. The van der Waals surface area contributed by atoms with Crippen LogP contribution in [0.2, 0.25) is 0 Å². The standard InChI is InChI=1S/C34H40IOP.C16H25IO/c1(3-5-19-29-36-30-31-20-10-6-11-21-31)2-4-18-28-35-37(32-22-12-7-13-23-32,33-24-14-8-15-25-33)34-26-16-9-17-27-34;17-13-9-4-2-1-3-5-10-14-18-15-16-11-7-6-8-12-16/h6-17,20-27H,1-5,18-19,28-30H2;6-8,11-12H,1-5,9-10,13-15H2. The molecule has 0 aliphatic heterocycles. The second-order valence-corrected chi connectivity index (χ2v) is 25.6. The predicted molar refractivity (Wildman–Crippen MR) is 246 cm³/mol. The molecule has 5 rings (SSSR count). The number of halogens is 2. The van der Waals surface area contributed by atoms with Crippen LogP contribution in [0.15, 0.2) is 152 Å². The van der Waals surface area contributed by atoms with Crippen LogP contribution in [0.3, 0.4) is 0 Å². The van der Waals surface area contributed by atoms with Crippen molar-refractivity contribution in [1.82, 2.24) is 0 Å². The zero-order chi connectivity index (χ0) is 38.3. The molecule has 55 heavy (non-hydrogen) atoms. The van der Waals surface area contributed by atoms with E-state index >= 15 is 0 Å². The molecule has 0 atom stereocenters. The molecule has 5 aromatic rings. The number of hydrogen-bond acceptors (Lipinski definition) is 2. The van der Waals surface area contributed by atoms with Crippen molar-refractivity contribution >= 4 is 43.4 Å². The maximum Gasteiger partial charge on any atom is -0.0567 e. The minimum absolute atomic E-state index is 0.0254. The van der Waals surface area contributed by atoms with E-state index in [-0.39, 0.29) is 20.7 Å².